The number of aryl methyl sites for hydroxylation is 1. The molecule has 0 aliphatic rings. The fourth-order valence-electron chi connectivity index (χ4n) is 2.46. The van der Waals surface area contributed by atoms with E-state index in [2.05, 4.69) is 6.07 Å². The molecule has 5 nitrogen and oxygen atoms in total. The van der Waals surface area contributed by atoms with Gasteiger partial charge in [-0.3, -0.25) is 0 Å². The van der Waals surface area contributed by atoms with Crippen LogP contribution in [0.1, 0.15) is 27.4 Å². The number of nitrogens with zero attached hydrogens (tertiary/aromatic N) is 2. The third-order valence-corrected chi connectivity index (χ3v) is 3.46. The number of hydrogen-bond donors (Lipinski definition) is 1. The minimum Gasteiger partial charge on any atom is -0.478 e. The van der Waals surface area contributed by atoms with Crippen LogP contribution < -0.4 is 0 Å². The maximum absolute atomic E-state index is 11.0. The zero-order valence-corrected chi connectivity index (χ0v) is 11.3. The first-order valence-electron chi connectivity index (χ1n) is 6.40. The summed E-state index contributed by atoms with van der Waals surface area (Å²) in [7, 11) is 0. The van der Waals surface area contributed by atoms with Crippen molar-refractivity contribution in [2.24, 2.45) is 0 Å². The molecule has 0 saturated carbocycles. The number of hydrogen-bond acceptors (Lipinski definition) is 3. The molecule has 0 aliphatic carbocycles. The van der Waals surface area contributed by atoms with Crippen LogP contribution in [0.4, 0.5) is 0 Å². The number of carbonyl (C=O) groups is 1. The number of aromatic nitrogens is 1. The maximum atomic E-state index is 11.0. The topological polar surface area (TPSA) is 79.2 Å². The molecule has 0 unspecified atom stereocenters. The molecule has 0 aliphatic heterocycles. The molecule has 0 spiro atoms. The smallest absolute Gasteiger partial charge is 0.339 e. The van der Waals surface area contributed by atoms with Gasteiger partial charge in [0.05, 0.1) is 18.2 Å². The standard InChI is InChI=1S/C16H12N2O3/c1-10-14(16(19)20)7-12(21-10)9-18-6-5-13-11(8-17)3-2-4-15(13)18/h2-7H,9H2,1H3,(H,19,20). The Bertz CT molecular complexity index is 881. The molecule has 21 heavy (non-hydrogen) atoms. The summed E-state index contributed by atoms with van der Waals surface area (Å²) in [5.74, 6) is -0.0249. The fraction of sp³-hybridized carbons (Fsp3) is 0.125. The highest BCUT2D eigenvalue weighted by molar-refractivity contribution is 5.89. The number of furan rings is 1. The van der Waals surface area contributed by atoms with Gasteiger partial charge in [-0.05, 0) is 31.2 Å². The molecule has 0 amide bonds. The van der Waals surface area contributed by atoms with Crippen molar-refractivity contribution in [2.75, 3.05) is 0 Å². The minimum atomic E-state index is -0.994. The van der Waals surface area contributed by atoms with Gasteiger partial charge < -0.3 is 14.1 Å². The van der Waals surface area contributed by atoms with E-state index in [1.165, 1.54) is 6.07 Å². The number of carboxylic acids is 1. The van der Waals surface area contributed by atoms with Gasteiger partial charge in [0.2, 0.25) is 0 Å². The molecule has 0 radical (unpaired) electrons. The molecule has 3 rings (SSSR count). The van der Waals surface area contributed by atoms with E-state index in [0.29, 0.717) is 23.6 Å². The van der Waals surface area contributed by atoms with Crippen molar-refractivity contribution in [1.82, 2.24) is 4.57 Å². The van der Waals surface area contributed by atoms with Gasteiger partial charge in [0.15, 0.2) is 0 Å². The van der Waals surface area contributed by atoms with Crippen LogP contribution in [0.15, 0.2) is 40.9 Å². The van der Waals surface area contributed by atoms with Crippen LogP contribution in [-0.4, -0.2) is 15.6 Å². The van der Waals surface area contributed by atoms with Gasteiger partial charge in [0.1, 0.15) is 17.1 Å². The Balaban J connectivity index is 2.01. The molecule has 1 aromatic carbocycles. The predicted octanol–water partition coefficient (Wildman–Crippen LogP) is 3.16. The van der Waals surface area contributed by atoms with Crippen molar-refractivity contribution >= 4 is 16.9 Å². The molecular formula is C16H12N2O3. The lowest BCUT2D eigenvalue weighted by Gasteiger charge is -2.03. The third-order valence-electron chi connectivity index (χ3n) is 3.46. The third kappa shape index (κ3) is 2.17. The lowest BCUT2D eigenvalue weighted by atomic mass is 10.1. The molecule has 2 heterocycles. The summed E-state index contributed by atoms with van der Waals surface area (Å²) in [4.78, 5) is 11.0. The van der Waals surface area contributed by atoms with Crippen LogP contribution in [0, 0.1) is 18.3 Å². The predicted molar refractivity (Wildman–Crippen MR) is 76.2 cm³/mol. The number of fused-ring (bicyclic) bond motifs is 1. The Morgan fingerprint density at radius 3 is 2.90 bits per heavy atom. The Hall–Kier alpha value is -3.00. The van der Waals surface area contributed by atoms with Crippen LogP contribution in [-0.2, 0) is 6.54 Å². The molecule has 0 fully saturated rings. The summed E-state index contributed by atoms with van der Waals surface area (Å²) in [6.07, 6.45) is 1.86. The average Bonchev–Trinajstić information content (AvgIpc) is 3.03. The van der Waals surface area contributed by atoms with Crippen molar-refractivity contribution in [2.45, 2.75) is 13.5 Å². The Morgan fingerprint density at radius 2 is 2.24 bits per heavy atom. The van der Waals surface area contributed by atoms with E-state index in [4.69, 9.17) is 14.8 Å². The van der Waals surface area contributed by atoms with Crippen LogP contribution in [0.3, 0.4) is 0 Å². The quantitative estimate of drug-likeness (QED) is 0.799. The van der Waals surface area contributed by atoms with Crippen LogP contribution in [0.2, 0.25) is 0 Å². The Labute approximate surface area is 120 Å². The van der Waals surface area contributed by atoms with Gasteiger partial charge in [-0.2, -0.15) is 5.26 Å². The normalized spacial score (nSPS) is 10.7. The summed E-state index contributed by atoms with van der Waals surface area (Å²) in [6.45, 7) is 2.06. The van der Waals surface area contributed by atoms with E-state index in [0.717, 1.165) is 10.9 Å². The van der Waals surface area contributed by atoms with Crippen molar-refractivity contribution in [3.05, 3.63) is 59.2 Å². The van der Waals surface area contributed by atoms with Crippen molar-refractivity contribution in [1.29, 1.82) is 5.26 Å². The molecule has 1 N–H and O–H groups in total. The first-order valence-corrected chi connectivity index (χ1v) is 6.40. The highest BCUT2D eigenvalue weighted by atomic mass is 16.4. The van der Waals surface area contributed by atoms with Gasteiger partial charge in [-0.1, -0.05) is 6.07 Å². The largest absolute Gasteiger partial charge is 0.478 e. The minimum absolute atomic E-state index is 0.180. The van der Waals surface area contributed by atoms with Gasteiger partial charge in [0, 0.05) is 17.1 Å². The summed E-state index contributed by atoms with van der Waals surface area (Å²) in [5.41, 5.74) is 1.72. The number of aromatic carboxylic acids is 1. The summed E-state index contributed by atoms with van der Waals surface area (Å²) >= 11 is 0. The molecule has 0 atom stereocenters. The lowest BCUT2D eigenvalue weighted by Crippen LogP contribution is -1.97. The van der Waals surface area contributed by atoms with E-state index in [1.54, 1.807) is 13.0 Å². The van der Waals surface area contributed by atoms with Crippen LogP contribution >= 0.6 is 0 Å². The number of carboxylic acid groups (broad SMARTS) is 1. The van der Waals surface area contributed by atoms with E-state index in [-0.39, 0.29) is 5.56 Å². The monoisotopic (exact) mass is 280 g/mol. The fourth-order valence-corrected chi connectivity index (χ4v) is 2.46. The highest BCUT2D eigenvalue weighted by Gasteiger charge is 2.14. The molecule has 0 bridgehead atoms. The van der Waals surface area contributed by atoms with Gasteiger partial charge in [-0.15, -0.1) is 0 Å². The van der Waals surface area contributed by atoms with Crippen LogP contribution in [0.5, 0.6) is 0 Å². The molecule has 0 saturated heterocycles. The summed E-state index contributed by atoms with van der Waals surface area (Å²) < 4.78 is 7.42. The molecule has 2 aromatic heterocycles. The molecular weight excluding hydrogens is 268 g/mol. The number of rotatable bonds is 3. The van der Waals surface area contributed by atoms with Crippen molar-refractivity contribution in [3.8, 4) is 6.07 Å². The van der Waals surface area contributed by atoms with E-state index in [1.807, 2.05) is 29.0 Å². The van der Waals surface area contributed by atoms with E-state index in [9.17, 15) is 4.79 Å². The summed E-state index contributed by atoms with van der Waals surface area (Å²) in [6, 6.07) is 11.1. The zero-order chi connectivity index (χ0) is 15.0. The number of benzene rings is 1. The molecule has 104 valence electrons. The van der Waals surface area contributed by atoms with Gasteiger partial charge in [-0.25, -0.2) is 4.79 Å². The Morgan fingerprint density at radius 1 is 1.43 bits per heavy atom. The second kappa shape index (κ2) is 4.84. The second-order valence-electron chi connectivity index (χ2n) is 4.78. The van der Waals surface area contributed by atoms with Gasteiger partial charge in [0.25, 0.3) is 0 Å². The maximum Gasteiger partial charge on any atom is 0.339 e. The van der Waals surface area contributed by atoms with Gasteiger partial charge >= 0.3 is 5.97 Å². The first kappa shape index (κ1) is 13.0. The number of nitriles is 1. The highest BCUT2D eigenvalue weighted by Crippen LogP contribution is 2.22. The Kier molecular flexibility index (Phi) is 2.99. The zero-order valence-electron chi connectivity index (χ0n) is 11.3. The first-order chi connectivity index (χ1) is 10.1. The SMILES string of the molecule is Cc1oc(Cn2ccc3c(C#N)cccc32)cc1C(=O)O. The lowest BCUT2D eigenvalue weighted by molar-refractivity contribution is 0.0695. The molecule has 5 heteroatoms. The van der Waals surface area contributed by atoms with Crippen LogP contribution in [0.25, 0.3) is 10.9 Å². The van der Waals surface area contributed by atoms with Crippen molar-refractivity contribution in [3.63, 3.8) is 0 Å². The molecule has 3 aromatic rings. The average molecular weight is 280 g/mol. The van der Waals surface area contributed by atoms with E-state index >= 15 is 0 Å². The second-order valence-corrected chi connectivity index (χ2v) is 4.78. The van der Waals surface area contributed by atoms with E-state index < -0.39 is 5.97 Å². The van der Waals surface area contributed by atoms with Crippen molar-refractivity contribution < 1.29 is 14.3 Å². The summed E-state index contributed by atoms with van der Waals surface area (Å²) in [5, 5.41) is 19.0.